The SMILES string of the molecule is C[C@@H]1CC(C)(C)N(C)c2ccc(/C=C3\N=C(c4ccccc4)OC3=O)cc21. The van der Waals surface area contributed by atoms with Gasteiger partial charge in [-0.2, -0.15) is 0 Å². The molecule has 2 aliphatic heterocycles. The molecule has 0 unspecified atom stereocenters. The lowest BCUT2D eigenvalue weighted by molar-refractivity contribution is -0.129. The molecule has 0 aromatic heterocycles. The van der Waals surface area contributed by atoms with E-state index in [1.807, 2.05) is 42.5 Å². The fourth-order valence-corrected chi connectivity index (χ4v) is 3.96. The average molecular weight is 360 g/mol. The summed E-state index contributed by atoms with van der Waals surface area (Å²) < 4.78 is 5.34. The minimum atomic E-state index is -0.405. The van der Waals surface area contributed by atoms with E-state index in [2.05, 4.69) is 49.8 Å². The Morgan fingerprint density at radius 1 is 1.19 bits per heavy atom. The van der Waals surface area contributed by atoms with Crippen LogP contribution in [-0.4, -0.2) is 24.5 Å². The quantitative estimate of drug-likeness (QED) is 0.573. The number of carbonyl (C=O) groups is 1. The van der Waals surface area contributed by atoms with Crippen LogP contribution >= 0.6 is 0 Å². The molecule has 2 heterocycles. The number of ether oxygens (including phenoxy) is 1. The summed E-state index contributed by atoms with van der Waals surface area (Å²) in [5, 5.41) is 0. The minimum absolute atomic E-state index is 0.135. The van der Waals surface area contributed by atoms with Crippen LogP contribution in [0.2, 0.25) is 0 Å². The Balaban J connectivity index is 1.68. The lowest BCUT2D eigenvalue weighted by Gasteiger charge is -2.45. The molecule has 2 aromatic rings. The predicted molar refractivity (Wildman–Crippen MR) is 109 cm³/mol. The number of anilines is 1. The first-order chi connectivity index (χ1) is 12.8. The number of nitrogens with zero attached hydrogens (tertiary/aromatic N) is 2. The van der Waals surface area contributed by atoms with Crippen molar-refractivity contribution in [1.29, 1.82) is 0 Å². The van der Waals surface area contributed by atoms with Crippen LogP contribution in [-0.2, 0) is 9.53 Å². The summed E-state index contributed by atoms with van der Waals surface area (Å²) in [6, 6.07) is 15.8. The molecule has 4 heteroatoms. The highest BCUT2D eigenvalue weighted by molar-refractivity contribution is 6.12. The molecule has 0 amide bonds. The number of benzene rings is 2. The first-order valence-electron chi connectivity index (χ1n) is 9.31. The van der Waals surface area contributed by atoms with Gasteiger partial charge in [0.25, 0.3) is 0 Å². The average Bonchev–Trinajstić information content (AvgIpc) is 3.01. The highest BCUT2D eigenvalue weighted by Crippen LogP contribution is 2.42. The number of esters is 1. The molecule has 2 aliphatic rings. The number of fused-ring (bicyclic) bond motifs is 1. The molecule has 0 N–H and O–H groups in total. The van der Waals surface area contributed by atoms with Gasteiger partial charge in [-0.25, -0.2) is 9.79 Å². The van der Waals surface area contributed by atoms with Crippen LogP contribution in [0.1, 0.15) is 49.8 Å². The summed E-state index contributed by atoms with van der Waals surface area (Å²) in [6.45, 7) is 6.81. The first kappa shape index (κ1) is 17.5. The Labute approximate surface area is 160 Å². The first-order valence-corrected chi connectivity index (χ1v) is 9.31. The van der Waals surface area contributed by atoms with Gasteiger partial charge < -0.3 is 9.64 Å². The van der Waals surface area contributed by atoms with Crippen LogP contribution in [0.3, 0.4) is 0 Å². The van der Waals surface area contributed by atoms with E-state index in [-0.39, 0.29) is 5.54 Å². The maximum atomic E-state index is 12.2. The third kappa shape index (κ3) is 3.16. The van der Waals surface area contributed by atoms with Crippen molar-refractivity contribution in [1.82, 2.24) is 0 Å². The van der Waals surface area contributed by atoms with Crippen molar-refractivity contribution in [3.05, 3.63) is 70.9 Å². The van der Waals surface area contributed by atoms with Crippen LogP contribution in [0.4, 0.5) is 5.69 Å². The second-order valence-electron chi connectivity index (χ2n) is 8.00. The Kier molecular flexibility index (Phi) is 4.14. The summed E-state index contributed by atoms with van der Waals surface area (Å²) in [6.07, 6.45) is 2.90. The topological polar surface area (TPSA) is 41.9 Å². The van der Waals surface area contributed by atoms with E-state index in [9.17, 15) is 4.79 Å². The van der Waals surface area contributed by atoms with Crippen molar-refractivity contribution in [3.63, 3.8) is 0 Å². The second kappa shape index (κ2) is 6.38. The highest BCUT2D eigenvalue weighted by Gasteiger charge is 2.34. The second-order valence-corrected chi connectivity index (χ2v) is 8.00. The third-order valence-corrected chi connectivity index (χ3v) is 5.60. The van der Waals surface area contributed by atoms with Gasteiger partial charge in [0.2, 0.25) is 5.90 Å². The largest absolute Gasteiger partial charge is 0.402 e. The molecular weight excluding hydrogens is 336 g/mol. The Morgan fingerprint density at radius 2 is 1.93 bits per heavy atom. The van der Waals surface area contributed by atoms with Crippen molar-refractivity contribution in [2.45, 2.75) is 38.6 Å². The number of carbonyl (C=O) groups excluding carboxylic acids is 1. The fourth-order valence-electron chi connectivity index (χ4n) is 3.96. The molecule has 2 aromatic carbocycles. The van der Waals surface area contributed by atoms with Crippen molar-refractivity contribution in [3.8, 4) is 0 Å². The Morgan fingerprint density at radius 3 is 2.67 bits per heavy atom. The maximum absolute atomic E-state index is 12.2. The van der Waals surface area contributed by atoms with E-state index in [1.54, 1.807) is 0 Å². The van der Waals surface area contributed by atoms with Crippen LogP contribution in [0.15, 0.2) is 59.2 Å². The summed E-state index contributed by atoms with van der Waals surface area (Å²) >= 11 is 0. The molecule has 0 saturated heterocycles. The van der Waals surface area contributed by atoms with Crippen LogP contribution in [0.5, 0.6) is 0 Å². The molecule has 4 nitrogen and oxygen atoms in total. The third-order valence-electron chi connectivity index (χ3n) is 5.60. The van der Waals surface area contributed by atoms with Crippen molar-refractivity contribution < 1.29 is 9.53 Å². The summed E-state index contributed by atoms with van der Waals surface area (Å²) in [4.78, 5) is 19.0. The van der Waals surface area contributed by atoms with Crippen LogP contribution < -0.4 is 4.90 Å². The zero-order valence-corrected chi connectivity index (χ0v) is 16.2. The molecule has 0 saturated carbocycles. The number of cyclic esters (lactones) is 1. The van der Waals surface area contributed by atoms with E-state index < -0.39 is 5.97 Å². The lowest BCUT2D eigenvalue weighted by atomic mass is 9.80. The van der Waals surface area contributed by atoms with Gasteiger partial charge in [0.05, 0.1) is 0 Å². The molecule has 0 aliphatic carbocycles. The van der Waals surface area contributed by atoms with Gasteiger partial charge in [-0.15, -0.1) is 0 Å². The van der Waals surface area contributed by atoms with Crippen molar-refractivity contribution in [2.24, 2.45) is 4.99 Å². The number of hydrogen-bond acceptors (Lipinski definition) is 4. The smallest absolute Gasteiger partial charge is 0.363 e. The lowest BCUT2D eigenvalue weighted by Crippen LogP contribution is -2.45. The molecule has 27 heavy (non-hydrogen) atoms. The molecule has 4 rings (SSSR count). The van der Waals surface area contributed by atoms with E-state index in [0.29, 0.717) is 17.5 Å². The number of aliphatic imine (C=N–C) groups is 1. The van der Waals surface area contributed by atoms with E-state index in [4.69, 9.17) is 4.74 Å². The normalized spacial score (nSPS) is 22.4. The fraction of sp³-hybridized carbons (Fsp3) is 0.304. The molecule has 0 bridgehead atoms. The molecule has 0 spiro atoms. The van der Waals surface area contributed by atoms with Gasteiger partial charge >= 0.3 is 5.97 Å². The van der Waals surface area contributed by atoms with Crippen molar-refractivity contribution in [2.75, 3.05) is 11.9 Å². The molecule has 138 valence electrons. The Hall–Kier alpha value is -2.88. The summed E-state index contributed by atoms with van der Waals surface area (Å²) in [7, 11) is 2.15. The summed E-state index contributed by atoms with van der Waals surface area (Å²) in [5.41, 5.74) is 4.81. The monoisotopic (exact) mass is 360 g/mol. The van der Waals surface area contributed by atoms with Gasteiger partial charge in [-0.1, -0.05) is 31.2 Å². The molecule has 0 fully saturated rings. The van der Waals surface area contributed by atoms with Gasteiger partial charge in [-0.3, -0.25) is 0 Å². The van der Waals surface area contributed by atoms with E-state index >= 15 is 0 Å². The molecule has 0 radical (unpaired) electrons. The Bertz CT molecular complexity index is 958. The number of hydrogen-bond donors (Lipinski definition) is 0. The highest BCUT2D eigenvalue weighted by atomic mass is 16.6. The van der Waals surface area contributed by atoms with Gasteiger partial charge in [-0.05, 0) is 67.7 Å². The molecular formula is C23H24N2O2. The van der Waals surface area contributed by atoms with Gasteiger partial charge in [0.15, 0.2) is 5.70 Å². The van der Waals surface area contributed by atoms with E-state index in [0.717, 1.165) is 17.5 Å². The van der Waals surface area contributed by atoms with Crippen LogP contribution in [0, 0.1) is 0 Å². The predicted octanol–water partition coefficient (Wildman–Crippen LogP) is 4.75. The zero-order chi connectivity index (χ0) is 19.2. The van der Waals surface area contributed by atoms with E-state index in [1.165, 1.54) is 11.3 Å². The maximum Gasteiger partial charge on any atom is 0.363 e. The standard InChI is InChI=1S/C23H24N2O2/c1-15-14-23(2,3)25(4)20-11-10-16(12-18(15)20)13-19-22(26)27-21(24-19)17-8-6-5-7-9-17/h5-13,15H,14H2,1-4H3/b19-13-/t15-/m1/s1. The summed E-state index contributed by atoms with van der Waals surface area (Å²) in [5.74, 6) is 0.418. The van der Waals surface area contributed by atoms with Gasteiger partial charge in [0.1, 0.15) is 0 Å². The van der Waals surface area contributed by atoms with Gasteiger partial charge in [0, 0.05) is 23.8 Å². The van der Waals surface area contributed by atoms with Crippen LogP contribution in [0.25, 0.3) is 6.08 Å². The zero-order valence-electron chi connectivity index (χ0n) is 16.2. The molecule has 1 atom stereocenters. The van der Waals surface area contributed by atoms with Crippen molar-refractivity contribution >= 4 is 23.6 Å². The number of rotatable bonds is 2. The minimum Gasteiger partial charge on any atom is -0.402 e.